The van der Waals surface area contributed by atoms with Crippen LogP contribution in [-0.2, 0) is 0 Å². The van der Waals surface area contributed by atoms with Crippen LogP contribution in [0.15, 0.2) is 35.3 Å². The summed E-state index contributed by atoms with van der Waals surface area (Å²) in [5, 5.41) is 7.08. The van der Waals surface area contributed by atoms with Crippen LogP contribution in [0.3, 0.4) is 0 Å². The number of benzene rings is 2. The maximum atomic E-state index is 13.8. The van der Waals surface area contributed by atoms with Crippen molar-refractivity contribution in [3.63, 3.8) is 0 Å². The number of halogens is 1. The number of hydrogen-bond donors (Lipinski definition) is 2. The van der Waals surface area contributed by atoms with E-state index in [9.17, 15) is 9.18 Å². The lowest BCUT2D eigenvalue weighted by atomic mass is 10.0. The Hall–Kier alpha value is -2.51. The fourth-order valence-corrected chi connectivity index (χ4v) is 4.69. The lowest BCUT2D eigenvalue weighted by molar-refractivity contribution is 0.588. The second-order valence-electron chi connectivity index (χ2n) is 6.20. The van der Waals surface area contributed by atoms with Crippen LogP contribution in [0.1, 0.15) is 0 Å². The van der Waals surface area contributed by atoms with Crippen molar-refractivity contribution in [2.45, 2.75) is 0 Å². The third-order valence-electron chi connectivity index (χ3n) is 4.71. The summed E-state index contributed by atoms with van der Waals surface area (Å²) in [7, 11) is 0. The Morgan fingerprint density at radius 1 is 1.12 bits per heavy atom. The van der Waals surface area contributed by atoms with Crippen LogP contribution < -0.4 is 15.8 Å². The number of aromatic amines is 1. The number of aromatic nitrogens is 2. The van der Waals surface area contributed by atoms with Gasteiger partial charge in [-0.1, -0.05) is 11.3 Å². The second kappa shape index (κ2) is 5.50. The van der Waals surface area contributed by atoms with Gasteiger partial charge in [-0.2, -0.15) is 0 Å². The van der Waals surface area contributed by atoms with Crippen LogP contribution in [0.4, 0.5) is 9.52 Å². The zero-order valence-electron chi connectivity index (χ0n) is 13.3. The molecule has 1 fully saturated rings. The molecule has 0 atom stereocenters. The number of rotatable bonds is 1. The molecule has 126 valence electrons. The molecule has 0 aliphatic carbocycles. The van der Waals surface area contributed by atoms with Gasteiger partial charge in [-0.25, -0.2) is 9.37 Å². The van der Waals surface area contributed by atoms with Crippen molar-refractivity contribution in [3.8, 4) is 0 Å². The van der Waals surface area contributed by atoms with Crippen LogP contribution in [0.5, 0.6) is 0 Å². The van der Waals surface area contributed by atoms with E-state index in [1.54, 1.807) is 23.6 Å². The molecular formula is C18H15FN4OS. The number of anilines is 1. The minimum Gasteiger partial charge on any atom is -0.346 e. The molecule has 2 aromatic heterocycles. The first-order chi connectivity index (χ1) is 12.2. The van der Waals surface area contributed by atoms with Gasteiger partial charge in [-0.15, -0.1) is 0 Å². The molecule has 1 aliphatic rings. The number of thiazole rings is 1. The van der Waals surface area contributed by atoms with Crippen LogP contribution >= 0.6 is 11.3 Å². The van der Waals surface area contributed by atoms with Crippen molar-refractivity contribution in [3.05, 3.63) is 46.6 Å². The standard InChI is InChI=1S/C18H15FN4OS/c19-10-1-2-11-13(9-10)14-12(3-4-21-17(14)24)16-15(11)22-18(25-16)23-7-5-20-6-8-23/h1-4,9,20H,5-8H2,(H,21,24). The van der Waals surface area contributed by atoms with Gasteiger partial charge in [0, 0.05) is 48.5 Å². The number of nitrogens with zero attached hydrogens (tertiary/aromatic N) is 2. The van der Waals surface area contributed by atoms with Gasteiger partial charge in [0.15, 0.2) is 5.13 Å². The average molecular weight is 354 g/mol. The predicted molar refractivity (Wildman–Crippen MR) is 100 cm³/mol. The van der Waals surface area contributed by atoms with E-state index in [0.717, 1.165) is 52.3 Å². The highest BCUT2D eigenvalue weighted by Gasteiger charge is 2.19. The van der Waals surface area contributed by atoms with Gasteiger partial charge < -0.3 is 15.2 Å². The van der Waals surface area contributed by atoms with Gasteiger partial charge in [0.05, 0.1) is 15.6 Å². The minimum absolute atomic E-state index is 0.202. The third kappa shape index (κ3) is 2.23. The maximum Gasteiger partial charge on any atom is 0.256 e. The SMILES string of the molecule is O=c1[nH]ccc2c3sc(N4CCNCC4)nc3c3ccc(F)cc3c12. The molecule has 4 aromatic rings. The number of fused-ring (bicyclic) bond motifs is 6. The van der Waals surface area contributed by atoms with Gasteiger partial charge in [-0.3, -0.25) is 4.79 Å². The topological polar surface area (TPSA) is 61.0 Å². The summed E-state index contributed by atoms with van der Waals surface area (Å²) in [5.74, 6) is -0.353. The van der Waals surface area contributed by atoms with E-state index in [4.69, 9.17) is 4.98 Å². The molecule has 0 saturated carbocycles. The number of nitrogens with one attached hydrogen (secondary N) is 2. The van der Waals surface area contributed by atoms with E-state index in [1.165, 1.54) is 12.1 Å². The highest BCUT2D eigenvalue weighted by molar-refractivity contribution is 7.23. The molecule has 5 nitrogen and oxygen atoms in total. The summed E-state index contributed by atoms with van der Waals surface area (Å²) >= 11 is 1.60. The Morgan fingerprint density at radius 3 is 2.80 bits per heavy atom. The Labute approximate surface area is 146 Å². The largest absolute Gasteiger partial charge is 0.346 e. The van der Waals surface area contributed by atoms with Gasteiger partial charge in [-0.05, 0) is 24.3 Å². The highest BCUT2D eigenvalue weighted by atomic mass is 32.1. The smallest absolute Gasteiger partial charge is 0.256 e. The Kier molecular flexibility index (Phi) is 3.26. The van der Waals surface area contributed by atoms with Crippen molar-refractivity contribution in [1.29, 1.82) is 0 Å². The molecule has 0 unspecified atom stereocenters. The van der Waals surface area contributed by atoms with Crippen LogP contribution in [-0.4, -0.2) is 36.1 Å². The van der Waals surface area contributed by atoms with Gasteiger partial charge in [0.2, 0.25) is 0 Å². The summed E-state index contributed by atoms with van der Waals surface area (Å²) in [6.07, 6.45) is 1.64. The highest BCUT2D eigenvalue weighted by Crippen LogP contribution is 2.39. The molecule has 0 radical (unpaired) electrons. The van der Waals surface area contributed by atoms with Crippen LogP contribution in [0.25, 0.3) is 31.8 Å². The number of piperazine rings is 1. The first kappa shape index (κ1) is 14.8. The molecule has 2 N–H and O–H groups in total. The normalized spacial score (nSPS) is 15.5. The minimum atomic E-state index is -0.353. The van der Waals surface area contributed by atoms with Crippen molar-refractivity contribution < 1.29 is 4.39 Å². The quantitative estimate of drug-likeness (QED) is 0.516. The number of hydrogen-bond acceptors (Lipinski definition) is 5. The fourth-order valence-electron chi connectivity index (χ4n) is 3.53. The first-order valence-electron chi connectivity index (χ1n) is 8.21. The van der Waals surface area contributed by atoms with Crippen LogP contribution in [0, 0.1) is 5.82 Å². The molecule has 2 aromatic carbocycles. The average Bonchev–Trinajstić information content (AvgIpc) is 3.08. The van der Waals surface area contributed by atoms with Crippen molar-refractivity contribution in [2.24, 2.45) is 0 Å². The maximum absolute atomic E-state index is 13.8. The summed E-state index contributed by atoms with van der Waals surface area (Å²) < 4.78 is 14.8. The molecule has 25 heavy (non-hydrogen) atoms. The molecule has 7 heteroatoms. The van der Waals surface area contributed by atoms with Gasteiger partial charge in [0.1, 0.15) is 5.82 Å². The lowest BCUT2D eigenvalue weighted by Crippen LogP contribution is -2.43. The zero-order valence-corrected chi connectivity index (χ0v) is 14.1. The summed E-state index contributed by atoms with van der Waals surface area (Å²) in [4.78, 5) is 22.3. The number of H-pyrrole nitrogens is 1. The fraction of sp³-hybridized carbons (Fsp3) is 0.222. The molecule has 0 spiro atoms. The predicted octanol–water partition coefficient (Wildman–Crippen LogP) is 2.84. The van der Waals surface area contributed by atoms with E-state index in [0.29, 0.717) is 10.8 Å². The number of pyridine rings is 1. The van der Waals surface area contributed by atoms with Gasteiger partial charge >= 0.3 is 0 Å². The van der Waals surface area contributed by atoms with Crippen LogP contribution in [0.2, 0.25) is 0 Å². The van der Waals surface area contributed by atoms with E-state index in [1.807, 2.05) is 6.07 Å². The zero-order chi connectivity index (χ0) is 17.0. The van der Waals surface area contributed by atoms with E-state index < -0.39 is 0 Å². The third-order valence-corrected chi connectivity index (χ3v) is 5.86. The van der Waals surface area contributed by atoms with E-state index in [-0.39, 0.29) is 11.4 Å². The molecule has 0 bridgehead atoms. The molecule has 1 saturated heterocycles. The van der Waals surface area contributed by atoms with E-state index in [2.05, 4.69) is 15.2 Å². The lowest BCUT2D eigenvalue weighted by Gasteiger charge is -2.26. The molecular weight excluding hydrogens is 339 g/mol. The molecule has 1 aliphatic heterocycles. The molecule has 0 amide bonds. The molecule has 3 heterocycles. The van der Waals surface area contributed by atoms with Crippen molar-refractivity contribution >= 4 is 48.2 Å². The Balaban J connectivity index is 1.91. The second-order valence-corrected chi connectivity index (χ2v) is 7.17. The van der Waals surface area contributed by atoms with E-state index >= 15 is 0 Å². The summed E-state index contributed by atoms with van der Waals surface area (Å²) in [6.45, 7) is 3.68. The van der Waals surface area contributed by atoms with Crippen molar-refractivity contribution in [1.82, 2.24) is 15.3 Å². The van der Waals surface area contributed by atoms with Crippen molar-refractivity contribution in [2.75, 3.05) is 31.1 Å². The summed E-state index contributed by atoms with van der Waals surface area (Å²) in [6, 6.07) is 6.45. The monoisotopic (exact) mass is 354 g/mol. The molecule has 5 rings (SSSR count). The summed E-state index contributed by atoms with van der Waals surface area (Å²) in [5.41, 5.74) is 0.638. The Bertz CT molecular complexity index is 1180. The Morgan fingerprint density at radius 2 is 1.96 bits per heavy atom. The van der Waals surface area contributed by atoms with Gasteiger partial charge in [0.25, 0.3) is 5.56 Å². The first-order valence-corrected chi connectivity index (χ1v) is 9.03.